The number of halogens is 3. The smallest absolute Gasteiger partial charge is 0.372 e. The number of anilines is 1. The maximum absolute atomic E-state index is 12.7. The largest absolute Gasteiger partial charge is 0.416 e. The third-order valence-corrected chi connectivity index (χ3v) is 5.54. The van der Waals surface area contributed by atoms with Crippen LogP contribution in [-0.4, -0.2) is 13.1 Å². The van der Waals surface area contributed by atoms with Crippen LogP contribution in [0.25, 0.3) is 0 Å². The summed E-state index contributed by atoms with van der Waals surface area (Å²) in [5.74, 6) is 0. The van der Waals surface area contributed by atoms with Crippen molar-refractivity contribution in [2.24, 2.45) is 20.5 Å². The number of rotatable bonds is 5. The van der Waals surface area contributed by atoms with Gasteiger partial charge in [0.05, 0.1) is 28.3 Å². The van der Waals surface area contributed by atoms with E-state index in [1.54, 1.807) is 0 Å². The van der Waals surface area contributed by atoms with Crippen molar-refractivity contribution in [1.29, 1.82) is 0 Å². The van der Waals surface area contributed by atoms with E-state index < -0.39 is 11.7 Å². The molecule has 0 atom stereocenters. The number of hydrogen-bond donors (Lipinski definition) is 0. The molecule has 1 fully saturated rings. The average molecular weight is 451 g/mol. The Labute approximate surface area is 190 Å². The highest BCUT2D eigenvalue weighted by atomic mass is 19.4. The molecule has 1 aliphatic rings. The van der Waals surface area contributed by atoms with Gasteiger partial charge in [-0.3, -0.25) is 0 Å². The Morgan fingerprint density at radius 2 is 1.15 bits per heavy atom. The molecule has 1 heterocycles. The molecule has 0 aliphatic carbocycles. The van der Waals surface area contributed by atoms with E-state index in [1.165, 1.54) is 30.7 Å². The monoisotopic (exact) mass is 451 g/mol. The predicted octanol–water partition coefficient (Wildman–Crippen LogP) is 8.75. The summed E-state index contributed by atoms with van der Waals surface area (Å²) in [6.07, 6.45) is -1.90. The summed E-state index contributed by atoms with van der Waals surface area (Å²) in [5.41, 5.74) is 4.74. The number of azo groups is 2. The highest BCUT2D eigenvalue weighted by Gasteiger charge is 2.29. The van der Waals surface area contributed by atoms with Crippen molar-refractivity contribution in [1.82, 2.24) is 0 Å². The van der Waals surface area contributed by atoms with Crippen molar-refractivity contribution in [3.05, 3.63) is 77.4 Å². The van der Waals surface area contributed by atoms with Gasteiger partial charge in [-0.05, 0) is 98.5 Å². The minimum atomic E-state index is -4.37. The lowest BCUT2D eigenvalue weighted by Gasteiger charge is -2.17. The summed E-state index contributed by atoms with van der Waals surface area (Å²) in [7, 11) is 0. The molecule has 0 spiro atoms. The van der Waals surface area contributed by atoms with Crippen LogP contribution in [-0.2, 0) is 6.18 Å². The maximum Gasteiger partial charge on any atom is 0.416 e. The molecule has 3 aromatic carbocycles. The van der Waals surface area contributed by atoms with Gasteiger partial charge in [0.25, 0.3) is 0 Å². The summed E-state index contributed by atoms with van der Waals surface area (Å²) in [4.78, 5) is 2.37. The van der Waals surface area contributed by atoms with Crippen molar-refractivity contribution in [2.75, 3.05) is 18.0 Å². The average Bonchev–Trinajstić information content (AvgIpc) is 3.32. The van der Waals surface area contributed by atoms with E-state index in [-0.39, 0.29) is 0 Å². The van der Waals surface area contributed by atoms with E-state index in [0.29, 0.717) is 11.4 Å². The Kier molecular flexibility index (Phi) is 6.53. The number of nitrogens with zero attached hydrogens (tertiary/aromatic N) is 5. The molecule has 8 heteroatoms. The molecule has 1 saturated heterocycles. The second kappa shape index (κ2) is 9.52. The van der Waals surface area contributed by atoms with E-state index in [2.05, 4.69) is 37.5 Å². The topological polar surface area (TPSA) is 52.7 Å². The van der Waals surface area contributed by atoms with Crippen molar-refractivity contribution >= 4 is 28.4 Å². The van der Waals surface area contributed by atoms with Crippen molar-refractivity contribution in [2.45, 2.75) is 32.9 Å². The first-order valence-electron chi connectivity index (χ1n) is 10.8. The lowest BCUT2D eigenvalue weighted by molar-refractivity contribution is -0.137. The highest BCUT2D eigenvalue weighted by molar-refractivity contribution is 5.60. The number of alkyl halides is 3. The van der Waals surface area contributed by atoms with Gasteiger partial charge in [-0.25, -0.2) is 0 Å². The maximum atomic E-state index is 12.7. The second-order valence-electron chi connectivity index (χ2n) is 8.08. The lowest BCUT2D eigenvalue weighted by Crippen LogP contribution is -2.17. The molecule has 3 aromatic rings. The van der Waals surface area contributed by atoms with Gasteiger partial charge >= 0.3 is 6.18 Å². The van der Waals surface area contributed by atoms with Gasteiger partial charge in [0.15, 0.2) is 0 Å². The predicted molar refractivity (Wildman–Crippen MR) is 124 cm³/mol. The van der Waals surface area contributed by atoms with E-state index in [4.69, 9.17) is 0 Å². The van der Waals surface area contributed by atoms with E-state index in [1.807, 2.05) is 38.1 Å². The summed E-state index contributed by atoms with van der Waals surface area (Å²) >= 11 is 0. The summed E-state index contributed by atoms with van der Waals surface area (Å²) in [6.45, 7) is 6.02. The molecule has 0 saturated carbocycles. The fourth-order valence-corrected chi connectivity index (χ4v) is 3.79. The van der Waals surface area contributed by atoms with Gasteiger partial charge in [-0.2, -0.15) is 33.6 Å². The normalized spacial score (nSPS) is 14.6. The van der Waals surface area contributed by atoms with Crippen molar-refractivity contribution < 1.29 is 13.2 Å². The molecule has 0 unspecified atom stereocenters. The van der Waals surface area contributed by atoms with Crippen LogP contribution in [0.1, 0.15) is 29.5 Å². The van der Waals surface area contributed by atoms with E-state index in [9.17, 15) is 13.2 Å². The molecule has 1 aliphatic heterocycles. The Hall–Kier alpha value is -3.55. The van der Waals surface area contributed by atoms with Crippen LogP contribution in [0, 0.1) is 13.8 Å². The Bertz CT molecular complexity index is 1140. The third kappa shape index (κ3) is 5.63. The van der Waals surface area contributed by atoms with Gasteiger partial charge in [-0.1, -0.05) is 0 Å². The van der Waals surface area contributed by atoms with Crippen LogP contribution >= 0.6 is 0 Å². The summed E-state index contributed by atoms with van der Waals surface area (Å²) in [6, 6.07) is 16.3. The Morgan fingerprint density at radius 3 is 1.70 bits per heavy atom. The van der Waals surface area contributed by atoms with Gasteiger partial charge in [0.2, 0.25) is 0 Å². The first kappa shape index (κ1) is 22.6. The minimum Gasteiger partial charge on any atom is -0.372 e. The zero-order valence-corrected chi connectivity index (χ0v) is 18.5. The first-order chi connectivity index (χ1) is 15.8. The standard InChI is InChI=1S/C25H24F3N5/c1-17-15-22(31-29-20-7-5-19(6-8-20)25(26,27)28)16-18(2)24(17)32-30-21-9-11-23(12-10-21)33-13-3-4-14-33/h5-12,15-16H,3-4,13-14H2,1-2H3/b31-29+,32-30+. The van der Waals surface area contributed by atoms with Crippen molar-refractivity contribution in [3.8, 4) is 0 Å². The van der Waals surface area contributed by atoms with Crippen LogP contribution < -0.4 is 4.90 Å². The lowest BCUT2D eigenvalue weighted by atomic mass is 10.1. The van der Waals surface area contributed by atoms with Crippen LogP contribution in [0.15, 0.2) is 81.1 Å². The molecule has 0 aromatic heterocycles. The fraction of sp³-hybridized carbons (Fsp3) is 0.280. The van der Waals surface area contributed by atoms with Crippen LogP contribution in [0.2, 0.25) is 0 Å². The number of aryl methyl sites for hydroxylation is 2. The van der Waals surface area contributed by atoms with Crippen LogP contribution in [0.5, 0.6) is 0 Å². The number of benzene rings is 3. The van der Waals surface area contributed by atoms with Crippen LogP contribution in [0.3, 0.4) is 0 Å². The fourth-order valence-electron chi connectivity index (χ4n) is 3.79. The molecule has 0 amide bonds. The highest BCUT2D eigenvalue weighted by Crippen LogP contribution is 2.33. The molecule has 4 rings (SSSR count). The molecule has 0 radical (unpaired) electrons. The molecular weight excluding hydrogens is 427 g/mol. The molecule has 33 heavy (non-hydrogen) atoms. The number of hydrogen-bond acceptors (Lipinski definition) is 5. The summed E-state index contributed by atoms with van der Waals surface area (Å²) < 4.78 is 38.0. The summed E-state index contributed by atoms with van der Waals surface area (Å²) in [5, 5.41) is 17.0. The quantitative estimate of drug-likeness (QED) is 0.358. The first-order valence-corrected chi connectivity index (χ1v) is 10.8. The van der Waals surface area contributed by atoms with E-state index >= 15 is 0 Å². The van der Waals surface area contributed by atoms with Gasteiger partial charge in [0.1, 0.15) is 0 Å². The van der Waals surface area contributed by atoms with Crippen LogP contribution in [0.4, 0.5) is 41.6 Å². The Balaban J connectivity index is 1.46. The third-order valence-electron chi connectivity index (χ3n) is 5.54. The van der Waals surface area contributed by atoms with Gasteiger partial charge in [0, 0.05) is 18.8 Å². The SMILES string of the molecule is Cc1cc(/N=N/c2ccc(C(F)(F)F)cc2)cc(C)c1/N=N/c1ccc(N2CCCC2)cc1. The second-order valence-corrected chi connectivity index (χ2v) is 8.08. The Morgan fingerprint density at radius 1 is 0.667 bits per heavy atom. The van der Waals surface area contributed by atoms with Gasteiger partial charge < -0.3 is 4.90 Å². The van der Waals surface area contributed by atoms with Gasteiger partial charge in [-0.15, -0.1) is 0 Å². The molecular formula is C25H24F3N5. The molecule has 5 nitrogen and oxygen atoms in total. The minimum absolute atomic E-state index is 0.347. The zero-order valence-electron chi connectivity index (χ0n) is 18.5. The molecule has 0 N–H and O–H groups in total. The zero-order chi connectivity index (χ0) is 23.4. The molecule has 0 bridgehead atoms. The molecule has 170 valence electrons. The van der Waals surface area contributed by atoms with Crippen molar-refractivity contribution in [3.63, 3.8) is 0 Å². The van der Waals surface area contributed by atoms with E-state index in [0.717, 1.165) is 47.7 Å².